The van der Waals surface area contributed by atoms with Crippen molar-refractivity contribution in [2.24, 2.45) is 0 Å². The van der Waals surface area contributed by atoms with E-state index in [1.54, 1.807) is 0 Å². The molecule has 21 heavy (non-hydrogen) atoms. The van der Waals surface area contributed by atoms with Crippen LogP contribution < -0.4 is 5.32 Å². The second-order valence-corrected chi connectivity index (χ2v) is 6.10. The molecule has 0 bridgehead atoms. The summed E-state index contributed by atoms with van der Waals surface area (Å²) in [6, 6.07) is 1.59. The van der Waals surface area contributed by atoms with E-state index in [0.29, 0.717) is 11.9 Å². The van der Waals surface area contributed by atoms with Crippen molar-refractivity contribution >= 4 is 17.4 Å². The van der Waals surface area contributed by atoms with Crippen molar-refractivity contribution in [2.75, 3.05) is 18.4 Å². The summed E-state index contributed by atoms with van der Waals surface area (Å²) in [5.41, 5.74) is -0.816. The summed E-state index contributed by atoms with van der Waals surface area (Å²) in [5, 5.41) is 3.26. The van der Waals surface area contributed by atoms with Crippen LogP contribution in [0.5, 0.6) is 0 Å². The van der Waals surface area contributed by atoms with E-state index < -0.39 is 11.7 Å². The molecule has 3 nitrogen and oxygen atoms in total. The third-order valence-corrected chi connectivity index (χ3v) is 4.63. The maximum absolute atomic E-state index is 12.6. The molecule has 3 heterocycles. The first-order chi connectivity index (χ1) is 9.95. The Balaban J connectivity index is 1.73. The zero-order valence-corrected chi connectivity index (χ0v) is 12.2. The van der Waals surface area contributed by atoms with Gasteiger partial charge < -0.3 is 5.32 Å². The molecule has 2 fully saturated rings. The standard InChI is InChI=1S/C14H17ClF3N3/c15-10-7-9(14(16,17)18)8-19-13(10)20-11-4-6-21-5-2-1-3-12(11)21/h7-8,11-12H,1-6H2,(H,19,20)/t11-,12+/m1/s1. The summed E-state index contributed by atoms with van der Waals surface area (Å²) >= 11 is 5.95. The van der Waals surface area contributed by atoms with Gasteiger partial charge in [-0.1, -0.05) is 18.0 Å². The minimum Gasteiger partial charge on any atom is -0.364 e. The average molecular weight is 320 g/mol. The second-order valence-electron chi connectivity index (χ2n) is 5.69. The van der Waals surface area contributed by atoms with Crippen LogP contribution in [0, 0.1) is 0 Å². The van der Waals surface area contributed by atoms with Crippen LogP contribution in [0.25, 0.3) is 0 Å². The van der Waals surface area contributed by atoms with Gasteiger partial charge in [-0.05, 0) is 31.9 Å². The second kappa shape index (κ2) is 5.65. The minimum absolute atomic E-state index is 0.0269. The molecule has 7 heteroatoms. The lowest BCUT2D eigenvalue weighted by atomic mass is 9.99. The maximum Gasteiger partial charge on any atom is 0.417 e. The number of fused-ring (bicyclic) bond motifs is 1. The number of aromatic nitrogens is 1. The number of hydrogen-bond donors (Lipinski definition) is 1. The van der Waals surface area contributed by atoms with Crippen molar-refractivity contribution in [2.45, 2.75) is 43.9 Å². The number of pyridine rings is 1. The number of piperidine rings is 1. The molecule has 3 rings (SSSR count). The molecule has 0 saturated carbocycles. The molecular formula is C14H17ClF3N3. The third-order valence-electron chi connectivity index (χ3n) is 4.35. The molecule has 0 radical (unpaired) electrons. The van der Waals surface area contributed by atoms with Crippen molar-refractivity contribution < 1.29 is 13.2 Å². The SMILES string of the molecule is FC(F)(F)c1cnc(N[C@@H]2CCN3CCCC[C@@H]23)c(Cl)c1. The monoisotopic (exact) mass is 319 g/mol. The fourth-order valence-electron chi connectivity index (χ4n) is 3.29. The van der Waals surface area contributed by atoms with Gasteiger partial charge in [0, 0.05) is 24.8 Å². The van der Waals surface area contributed by atoms with Crippen molar-refractivity contribution in [3.05, 3.63) is 22.8 Å². The van der Waals surface area contributed by atoms with Crippen LogP contribution in [0.4, 0.5) is 19.0 Å². The van der Waals surface area contributed by atoms with Crippen LogP contribution in [0.1, 0.15) is 31.2 Å². The number of nitrogens with zero attached hydrogens (tertiary/aromatic N) is 2. The van der Waals surface area contributed by atoms with Crippen LogP contribution >= 0.6 is 11.6 Å². The topological polar surface area (TPSA) is 28.2 Å². The highest BCUT2D eigenvalue weighted by Gasteiger charge is 2.36. The summed E-state index contributed by atoms with van der Waals surface area (Å²) < 4.78 is 37.8. The van der Waals surface area contributed by atoms with E-state index in [1.807, 2.05) is 0 Å². The molecule has 0 unspecified atom stereocenters. The molecule has 2 atom stereocenters. The smallest absolute Gasteiger partial charge is 0.364 e. The van der Waals surface area contributed by atoms with Crippen molar-refractivity contribution in [3.8, 4) is 0 Å². The number of alkyl halides is 3. The predicted octanol–water partition coefficient (Wildman–Crippen LogP) is 3.79. The van der Waals surface area contributed by atoms with E-state index in [2.05, 4.69) is 15.2 Å². The number of anilines is 1. The van der Waals surface area contributed by atoms with Gasteiger partial charge in [0.15, 0.2) is 0 Å². The van der Waals surface area contributed by atoms with Gasteiger partial charge in [-0.25, -0.2) is 4.98 Å². The molecule has 1 aromatic rings. The number of hydrogen-bond acceptors (Lipinski definition) is 3. The summed E-state index contributed by atoms with van der Waals surface area (Å²) in [6.45, 7) is 2.14. The van der Waals surface area contributed by atoms with Crippen LogP contribution in [0.15, 0.2) is 12.3 Å². The zero-order chi connectivity index (χ0) is 15.0. The van der Waals surface area contributed by atoms with Crippen molar-refractivity contribution in [1.82, 2.24) is 9.88 Å². The Hall–Kier alpha value is -1.01. The quantitative estimate of drug-likeness (QED) is 0.899. The van der Waals surface area contributed by atoms with E-state index in [-0.39, 0.29) is 11.1 Å². The Morgan fingerprint density at radius 1 is 1.24 bits per heavy atom. The highest BCUT2D eigenvalue weighted by Crippen LogP contribution is 2.34. The Kier molecular flexibility index (Phi) is 4.01. The Morgan fingerprint density at radius 3 is 2.76 bits per heavy atom. The largest absolute Gasteiger partial charge is 0.417 e. The van der Waals surface area contributed by atoms with Gasteiger partial charge >= 0.3 is 6.18 Å². The minimum atomic E-state index is -4.41. The Morgan fingerprint density at radius 2 is 2.05 bits per heavy atom. The molecule has 2 saturated heterocycles. The lowest BCUT2D eigenvalue weighted by Crippen LogP contribution is -2.41. The van der Waals surface area contributed by atoms with Gasteiger partial charge in [0.1, 0.15) is 5.82 Å². The lowest BCUT2D eigenvalue weighted by Gasteiger charge is -2.32. The first-order valence-corrected chi connectivity index (χ1v) is 7.56. The van der Waals surface area contributed by atoms with E-state index in [9.17, 15) is 13.2 Å². The fourth-order valence-corrected chi connectivity index (χ4v) is 3.51. The van der Waals surface area contributed by atoms with E-state index >= 15 is 0 Å². The van der Waals surface area contributed by atoms with Gasteiger partial charge in [0.25, 0.3) is 0 Å². The molecule has 2 aliphatic rings. The Bertz CT molecular complexity index is 521. The first-order valence-electron chi connectivity index (χ1n) is 7.18. The molecule has 0 amide bonds. The molecular weight excluding hydrogens is 303 g/mol. The molecule has 1 N–H and O–H groups in total. The number of halogens is 4. The van der Waals surface area contributed by atoms with Gasteiger partial charge in [0.2, 0.25) is 0 Å². The molecule has 0 aromatic carbocycles. The highest BCUT2D eigenvalue weighted by molar-refractivity contribution is 6.33. The van der Waals surface area contributed by atoms with E-state index in [1.165, 1.54) is 12.8 Å². The average Bonchev–Trinajstić information content (AvgIpc) is 2.83. The summed E-state index contributed by atoms with van der Waals surface area (Å²) in [4.78, 5) is 6.31. The van der Waals surface area contributed by atoms with Crippen molar-refractivity contribution in [3.63, 3.8) is 0 Å². The van der Waals surface area contributed by atoms with Gasteiger partial charge in [0.05, 0.1) is 10.6 Å². The van der Waals surface area contributed by atoms with Crippen LogP contribution in [0.2, 0.25) is 5.02 Å². The van der Waals surface area contributed by atoms with Crippen LogP contribution in [-0.4, -0.2) is 35.1 Å². The zero-order valence-electron chi connectivity index (χ0n) is 11.5. The third kappa shape index (κ3) is 3.11. The normalized spacial score (nSPS) is 26.7. The number of rotatable bonds is 2. The summed E-state index contributed by atoms with van der Waals surface area (Å²) in [5.74, 6) is 0.349. The lowest BCUT2D eigenvalue weighted by molar-refractivity contribution is -0.137. The maximum atomic E-state index is 12.6. The van der Waals surface area contributed by atoms with Crippen LogP contribution in [-0.2, 0) is 6.18 Å². The van der Waals surface area contributed by atoms with Gasteiger partial charge in [-0.15, -0.1) is 0 Å². The fraction of sp³-hybridized carbons (Fsp3) is 0.643. The highest BCUT2D eigenvalue weighted by atomic mass is 35.5. The predicted molar refractivity (Wildman–Crippen MR) is 75.5 cm³/mol. The molecule has 0 spiro atoms. The van der Waals surface area contributed by atoms with E-state index in [4.69, 9.17) is 11.6 Å². The molecule has 2 aliphatic heterocycles. The van der Waals surface area contributed by atoms with Crippen molar-refractivity contribution in [1.29, 1.82) is 0 Å². The molecule has 116 valence electrons. The molecule has 1 aromatic heterocycles. The van der Waals surface area contributed by atoms with Gasteiger partial charge in [-0.3, -0.25) is 4.90 Å². The summed E-state index contributed by atoms with van der Waals surface area (Å²) in [6.07, 6.45) is 0.945. The molecule has 0 aliphatic carbocycles. The Labute approximate surface area is 126 Å². The van der Waals surface area contributed by atoms with Gasteiger partial charge in [-0.2, -0.15) is 13.2 Å². The summed E-state index contributed by atoms with van der Waals surface area (Å²) in [7, 11) is 0. The van der Waals surface area contributed by atoms with E-state index in [0.717, 1.165) is 38.2 Å². The first kappa shape index (κ1) is 14.9. The number of nitrogens with one attached hydrogen (secondary N) is 1. The van der Waals surface area contributed by atoms with Crippen LogP contribution in [0.3, 0.4) is 0 Å².